The van der Waals surface area contributed by atoms with Gasteiger partial charge in [-0.25, -0.2) is 0 Å². The Balaban J connectivity index is 1.48. The van der Waals surface area contributed by atoms with Crippen molar-refractivity contribution >= 4 is 34.6 Å². The van der Waals surface area contributed by atoms with E-state index in [4.69, 9.17) is 23.8 Å². The predicted molar refractivity (Wildman–Crippen MR) is 101 cm³/mol. The Morgan fingerprint density at radius 1 is 1.13 bits per heavy atom. The van der Waals surface area contributed by atoms with Crippen molar-refractivity contribution in [3.8, 4) is 0 Å². The maximum Gasteiger partial charge on any atom is 0.171 e. The van der Waals surface area contributed by atoms with Crippen molar-refractivity contribution < 1.29 is 0 Å². The Morgan fingerprint density at radius 2 is 1.87 bits per heavy atom. The van der Waals surface area contributed by atoms with Crippen molar-refractivity contribution in [2.45, 2.75) is 19.0 Å². The van der Waals surface area contributed by atoms with Gasteiger partial charge in [0.25, 0.3) is 0 Å². The van der Waals surface area contributed by atoms with Crippen LogP contribution in [0.25, 0.3) is 0 Å². The lowest BCUT2D eigenvalue weighted by Gasteiger charge is -2.18. The fourth-order valence-electron chi connectivity index (χ4n) is 2.84. The van der Waals surface area contributed by atoms with Crippen LogP contribution in [0.5, 0.6) is 0 Å². The molecule has 23 heavy (non-hydrogen) atoms. The Kier molecular flexibility index (Phi) is 5.49. The van der Waals surface area contributed by atoms with E-state index in [1.165, 1.54) is 5.56 Å². The van der Waals surface area contributed by atoms with Crippen LogP contribution in [-0.2, 0) is 6.54 Å². The number of thiocarbonyl (C=S) groups is 1. The normalized spacial score (nSPS) is 17.9. The van der Waals surface area contributed by atoms with Crippen molar-refractivity contribution in [1.29, 1.82) is 0 Å². The zero-order valence-electron chi connectivity index (χ0n) is 12.8. The smallest absolute Gasteiger partial charge is 0.171 e. The third-order valence-corrected chi connectivity index (χ3v) is 4.53. The van der Waals surface area contributed by atoms with E-state index in [2.05, 4.69) is 45.9 Å². The van der Waals surface area contributed by atoms with Crippen LogP contribution in [-0.4, -0.2) is 29.1 Å². The van der Waals surface area contributed by atoms with E-state index in [0.717, 1.165) is 31.7 Å². The minimum atomic E-state index is 0.376. The number of benzene rings is 2. The summed E-state index contributed by atoms with van der Waals surface area (Å²) in [6, 6.07) is 18.6. The average molecular weight is 346 g/mol. The molecule has 1 aliphatic rings. The van der Waals surface area contributed by atoms with Crippen molar-refractivity contribution in [1.82, 2.24) is 10.2 Å². The molecule has 5 heteroatoms. The summed E-state index contributed by atoms with van der Waals surface area (Å²) in [5, 5.41) is 7.87. The van der Waals surface area contributed by atoms with Crippen LogP contribution in [0.15, 0.2) is 54.6 Å². The van der Waals surface area contributed by atoms with Crippen LogP contribution in [0.3, 0.4) is 0 Å². The monoisotopic (exact) mass is 345 g/mol. The second-order valence-corrected chi connectivity index (χ2v) is 6.60. The Labute approximate surface area is 147 Å². The van der Waals surface area contributed by atoms with Gasteiger partial charge in [-0.05, 0) is 36.3 Å². The molecule has 1 heterocycles. The topological polar surface area (TPSA) is 27.3 Å². The van der Waals surface area contributed by atoms with Crippen molar-refractivity contribution in [2.75, 3.05) is 18.4 Å². The number of hydrogen-bond acceptors (Lipinski definition) is 2. The summed E-state index contributed by atoms with van der Waals surface area (Å²) in [5.41, 5.74) is 2.19. The zero-order valence-corrected chi connectivity index (χ0v) is 14.4. The largest absolute Gasteiger partial charge is 0.358 e. The summed E-state index contributed by atoms with van der Waals surface area (Å²) in [7, 11) is 0. The summed E-state index contributed by atoms with van der Waals surface area (Å²) in [6.07, 6.45) is 1.09. The highest BCUT2D eigenvalue weighted by Gasteiger charge is 2.22. The molecule has 0 radical (unpaired) electrons. The molecule has 0 spiro atoms. The molecule has 1 saturated heterocycles. The maximum absolute atomic E-state index is 6.14. The minimum Gasteiger partial charge on any atom is -0.358 e. The first kappa shape index (κ1) is 16.2. The van der Waals surface area contributed by atoms with E-state index in [1.54, 1.807) is 0 Å². The number of hydrogen-bond donors (Lipinski definition) is 2. The zero-order chi connectivity index (χ0) is 16.1. The van der Waals surface area contributed by atoms with E-state index in [0.29, 0.717) is 16.2 Å². The van der Waals surface area contributed by atoms with E-state index >= 15 is 0 Å². The highest BCUT2D eigenvalue weighted by atomic mass is 35.5. The lowest BCUT2D eigenvalue weighted by molar-refractivity contribution is 0.324. The Bertz CT molecular complexity index is 662. The van der Waals surface area contributed by atoms with Crippen LogP contribution in [0, 0.1) is 0 Å². The summed E-state index contributed by atoms with van der Waals surface area (Å²) >= 11 is 11.5. The maximum atomic E-state index is 6.14. The molecule has 1 aliphatic heterocycles. The quantitative estimate of drug-likeness (QED) is 0.822. The van der Waals surface area contributed by atoms with Crippen LogP contribution < -0.4 is 10.6 Å². The van der Waals surface area contributed by atoms with E-state index in [1.807, 2.05) is 24.3 Å². The molecule has 2 aromatic rings. The molecule has 120 valence electrons. The van der Waals surface area contributed by atoms with Gasteiger partial charge in [0.15, 0.2) is 5.11 Å². The lowest BCUT2D eigenvalue weighted by atomic mass is 10.2. The van der Waals surface area contributed by atoms with Crippen molar-refractivity contribution in [2.24, 2.45) is 0 Å². The molecule has 3 nitrogen and oxygen atoms in total. The molecule has 0 aliphatic carbocycles. The standard InChI is InChI=1S/C18H20ClN3S/c19-16-8-4-5-9-17(16)21-18(23)20-15-10-11-22(13-15)12-14-6-2-1-3-7-14/h1-9,15H,10-13H2,(H2,20,21,23). The highest BCUT2D eigenvalue weighted by molar-refractivity contribution is 7.80. The van der Waals surface area contributed by atoms with Crippen LogP contribution in [0.4, 0.5) is 5.69 Å². The second kappa shape index (κ2) is 7.77. The van der Waals surface area contributed by atoms with Gasteiger partial charge in [-0.2, -0.15) is 0 Å². The molecule has 1 atom stereocenters. The SMILES string of the molecule is S=C(Nc1ccccc1Cl)NC1CCN(Cc2ccccc2)C1. The van der Waals surface area contributed by atoms with Gasteiger partial charge in [0.2, 0.25) is 0 Å². The Hall–Kier alpha value is -1.62. The van der Waals surface area contributed by atoms with Crippen molar-refractivity contribution in [3.05, 3.63) is 65.2 Å². The van der Waals surface area contributed by atoms with Crippen LogP contribution >= 0.6 is 23.8 Å². The molecule has 0 aromatic heterocycles. The number of rotatable bonds is 4. The van der Waals surface area contributed by atoms with Gasteiger partial charge in [0, 0.05) is 25.7 Å². The molecule has 3 rings (SSSR count). The number of nitrogens with zero attached hydrogens (tertiary/aromatic N) is 1. The van der Waals surface area contributed by atoms with Crippen molar-refractivity contribution in [3.63, 3.8) is 0 Å². The van der Waals surface area contributed by atoms with Gasteiger partial charge >= 0.3 is 0 Å². The number of anilines is 1. The van der Waals surface area contributed by atoms with Gasteiger partial charge in [0.1, 0.15) is 0 Å². The van der Waals surface area contributed by atoms with Gasteiger partial charge in [0.05, 0.1) is 10.7 Å². The number of nitrogens with one attached hydrogen (secondary N) is 2. The molecular formula is C18H20ClN3S. The first-order chi connectivity index (χ1) is 11.2. The summed E-state index contributed by atoms with van der Waals surface area (Å²) in [5.74, 6) is 0. The third-order valence-electron chi connectivity index (χ3n) is 3.98. The number of halogens is 1. The number of para-hydroxylation sites is 1. The summed E-state index contributed by atoms with van der Waals surface area (Å²) in [4.78, 5) is 2.45. The second-order valence-electron chi connectivity index (χ2n) is 5.78. The predicted octanol–water partition coefficient (Wildman–Crippen LogP) is 3.90. The molecule has 0 saturated carbocycles. The van der Waals surface area contributed by atoms with E-state index < -0.39 is 0 Å². The first-order valence-corrected chi connectivity index (χ1v) is 8.57. The molecule has 2 N–H and O–H groups in total. The van der Waals surface area contributed by atoms with E-state index in [9.17, 15) is 0 Å². The highest BCUT2D eigenvalue weighted by Crippen LogP contribution is 2.20. The van der Waals surface area contributed by atoms with Gasteiger partial charge in [-0.15, -0.1) is 0 Å². The minimum absolute atomic E-state index is 0.376. The first-order valence-electron chi connectivity index (χ1n) is 7.79. The molecule has 1 fully saturated rings. The molecule has 1 unspecified atom stereocenters. The Morgan fingerprint density at radius 3 is 2.65 bits per heavy atom. The lowest BCUT2D eigenvalue weighted by Crippen LogP contribution is -2.39. The van der Waals surface area contributed by atoms with Crippen LogP contribution in [0.1, 0.15) is 12.0 Å². The molecule has 0 bridgehead atoms. The van der Waals surface area contributed by atoms with Crippen LogP contribution in [0.2, 0.25) is 5.02 Å². The number of likely N-dealkylation sites (tertiary alicyclic amines) is 1. The summed E-state index contributed by atoms with van der Waals surface area (Å²) < 4.78 is 0. The van der Waals surface area contributed by atoms with E-state index in [-0.39, 0.29) is 0 Å². The molecule has 0 amide bonds. The fourth-order valence-corrected chi connectivity index (χ4v) is 3.30. The summed E-state index contributed by atoms with van der Waals surface area (Å²) in [6.45, 7) is 3.07. The van der Waals surface area contributed by atoms with Gasteiger partial charge < -0.3 is 10.6 Å². The average Bonchev–Trinajstić information content (AvgIpc) is 2.97. The molecule has 2 aromatic carbocycles. The van der Waals surface area contributed by atoms with Gasteiger partial charge in [-0.3, -0.25) is 4.90 Å². The molecular weight excluding hydrogens is 326 g/mol. The third kappa shape index (κ3) is 4.67. The van der Waals surface area contributed by atoms with Gasteiger partial charge in [-0.1, -0.05) is 54.1 Å². The fraction of sp³-hybridized carbons (Fsp3) is 0.278.